The number of carbonyl (C=O) groups excluding carboxylic acids is 1. The second-order valence-electron chi connectivity index (χ2n) is 8.69. The molecule has 1 aliphatic heterocycles. The highest BCUT2D eigenvalue weighted by molar-refractivity contribution is 5.96. The first-order chi connectivity index (χ1) is 16.0. The van der Waals surface area contributed by atoms with Crippen LogP contribution >= 0.6 is 0 Å². The Kier molecular flexibility index (Phi) is 5.61. The van der Waals surface area contributed by atoms with E-state index in [1.165, 1.54) is 18.3 Å². The summed E-state index contributed by atoms with van der Waals surface area (Å²) in [6.45, 7) is 4.77. The molecule has 1 atom stereocenters. The molecule has 1 amide bonds. The van der Waals surface area contributed by atoms with Crippen molar-refractivity contribution in [2.75, 3.05) is 22.1 Å². The zero-order valence-electron chi connectivity index (χ0n) is 18.6. The molecule has 33 heavy (non-hydrogen) atoms. The van der Waals surface area contributed by atoms with E-state index in [4.69, 9.17) is 9.97 Å². The van der Waals surface area contributed by atoms with Crippen LogP contribution in [0.3, 0.4) is 0 Å². The average molecular weight is 452 g/mol. The van der Waals surface area contributed by atoms with Gasteiger partial charge in [-0.2, -0.15) is 14.4 Å². The summed E-state index contributed by atoms with van der Waals surface area (Å²) in [5.74, 6) is 1.94. The average Bonchev–Trinajstić information content (AvgIpc) is 3.55. The Balaban J connectivity index is 1.40. The summed E-state index contributed by atoms with van der Waals surface area (Å²) >= 11 is 0. The maximum absolute atomic E-state index is 13.1. The molecule has 10 nitrogen and oxygen atoms in total. The molecule has 0 saturated carbocycles. The zero-order valence-corrected chi connectivity index (χ0v) is 18.6. The summed E-state index contributed by atoms with van der Waals surface area (Å²) in [4.78, 5) is 32.6. The number of hydrogen-bond acceptors (Lipinski definition) is 8. The predicted molar refractivity (Wildman–Crippen MR) is 121 cm³/mol. The third-order valence-electron chi connectivity index (χ3n) is 6.01. The van der Waals surface area contributed by atoms with Gasteiger partial charge >= 0.3 is 0 Å². The molecule has 0 bridgehead atoms. The lowest BCUT2D eigenvalue weighted by atomic mass is 10.2. The zero-order chi connectivity index (χ0) is 22.9. The minimum absolute atomic E-state index is 0.185. The van der Waals surface area contributed by atoms with E-state index < -0.39 is 12.0 Å². The Bertz CT molecular complexity index is 1160. The molecule has 1 fully saturated rings. The van der Waals surface area contributed by atoms with Crippen molar-refractivity contribution in [2.24, 2.45) is 0 Å². The number of nitrogens with zero attached hydrogens (tertiary/aromatic N) is 6. The number of hydrogen-bond donors (Lipinski definition) is 3. The van der Waals surface area contributed by atoms with E-state index in [1.807, 2.05) is 18.7 Å². The lowest BCUT2D eigenvalue weighted by Gasteiger charge is -2.25. The fourth-order valence-electron chi connectivity index (χ4n) is 4.30. The first-order valence-corrected chi connectivity index (χ1v) is 11.3. The van der Waals surface area contributed by atoms with Crippen molar-refractivity contribution in [1.29, 1.82) is 0 Å². The molecule has 11 heteroatoms. The Morgan fingerprint density at radius 3 is 2.85 bits per heavy atom. The standard InChI is InChI=1S/C22H26FN9O/c1-12(2)18-27-21(31-30-18)28-19-14-5-3-6-15(14)26-22(29-19)32-10-4-7-16(32)20(33)25-13-8-9-17(23)24-11-13/h8-9,11-12,16H,3-7,10H2,1-2H3,(H,25,33)(H2,26,27,28,29,30,31)/t16-/m0/s1. The number of H-pyrrole nitrogens is 1. The summed E-state index contributed by atoms with van der Waals surface area (Å²) < 4.78 is 13.1. The van der Waals surface area contributed by atoms with Crippen LogP contribution in [0.15, 0.2) is 18.3 Å². The molecular formula is C22H26FN9O. The Hall–Kier alpha value is -3.63. The monoisotopic (exact) mass is 451 g/mol. The maximum atomic E-state index is 13.1. The van der Waals surface area contributed by atoms with Gasteiger partial charge in [-0.05, 0) is 44.2 Å². The van der Waals surface area contributed by atoms with Gasteiger partial charge in [-0.1, -0.05) is 13.8 Å². The quantitative estimate of drug-likeness (QED) is 0.489. The first-order valence-electron chi connectivity index (χ1n) is 11.3. The summed E-state index contributed by atoms with van der Waals surface area (Å²) in [7, 11) is 0. The van der Waals surface area contributed by atoms with Crippen molar-refractivity contribution in [3.8, 4) is 0 Å². The first kappa shape index (κ1) is 21.2. The van der Waals surface area contributed by atoms with Gasteiger partial charge in [-0.3, -0.25) is 9.89 Å². The number of halogens is 1. The molecule has 0 aromatic carbocycles. The second kappa shape index (κ2) is 8.72. The number of carbonyl (C=O) groups is 1. The van der Waals surface area contributed by atoms with E-state index in [9.17, 15) is 9.18 Å². The highest BCUT2D eigenvalue weighted by atomic mass is 19.1. The molecule has 3 aromatic heterocycles. The Morgan fingerprint density at radius 2 is 2.09 bits per heavy atom. The molecule has 0 radical (unpaired) electrons. The highest BCUT2D eigenvalue weighted by Gasteiger charge is 2.34. The molecule has 0 spiro atoms. The van der Waals surface area contributed by atoms with E-state index in [2.05, 4.69) is 30.8 Å². The minimum Gasteiger partial charge on any atom is -0.329 e. The highest BCUT2D eigenvalue weighted by Crippen LogP contribution is 2.32. The van der Waals surface area contributed by atoms with E-state index in [1.54, 1.807) is 0 Å². The molecule has 3 aromatic rings. The number of aromatic amines is 1. The van der Waals surface area contributed by atoms with Gasteiger partial charge in [0, 0.05) is 18.0 Å². The Labute approximate surface area is 190 Å². The number of nitrogens with one attached hydrogen (secondary N) is 3. The summed E-state index contributed by atoms with van der Waals surface area (Å²) in [6, 6.07) is 2.30. The number of aromatic nitrogens is 6. The fourth-order valence-corrected chi connectivity index (χ4v) is 4.30. The van der Waals surface area contributed by atoms with E-state index in [0.717, 1.165) is 42.8 Å². The normalized spacial score (nSPS) is 17.5. The van der Waals surface area contributed by atoms with Crippen molar-refractivity contribution in [3.63, 3.8) is 0 Å². The van der Waals surface area contributed by atoms with Gasteiger partial charge in [0.15, 0.2) is 0 Å². The van der Waals surface area contributed by atoms with Crippen molar-refractivity contribution < 1.29 is 9.18 Å². The third kappa shape index (κ3) is 4.35. The summed E-state index contributed by atoms with van der Waals surface area (Å²) in [5.41, 5.74) is 2.53. The molecule has 1 aliphatic carbocycles. The molecule has 172 valence electrons. The number of anilines is 4. The summed E-state index contributed by atoms with van der Waals surface area (Å²) in [6.07, 6.45) is 5.61. The lowest BCUT2D eigenvalue weighted by Crippen LogP contribution is -2.40. The number of amides is 1. The molecule has 0 unspecified atom stereocenters. The number of fused-ring (bicyclic) bond motifs is 1. The number of aryl methyl sites for hydroxylation is 1. The van der Waals surface area contributed by atoms with Gasteiger partial charge in [0.2, 0.25) is 23.8 Å². The molecule has 2 aliphatic rings. The van der Waals surface area contributed by atoms with Gasteiger partial charge in [0.25, 0.3) is 0 Å². The van der Waals surface area contributed by atoms with Crippen LogP contribution in [0.25, 0.3) is 0 Å². The van der Waals surface area contributed by atoms with E-state index in [0.29, 0.717) is 36.4 Å². The van der Waals surface area contributed by atoms with Gasteiger partial charge in [0.05, 0.1) is 17.6 Å². The van der Waals surface area contributed by atoms with Gasteiger partial charge in [-0.25, -0.2) is 9.97 Å². The molecular weight excluding hydrogens is 425 g/mol. The van der Waals surface area contributed by atoms with Crippen molar-refractivity contribution in [2.45, 2.75) is 57.9 Å². The topological polar surface area (TPSA) is 125 Å². The van der Waals surface area contributed by atoms with Crippen LogP contribution in [0.5, 0.6) is 0 Å². The molecule has 4 heterocycles. The largest absolute Gasteiger partial charge is 0.329 e. The van der Waals surface area contributed by atoms with Crippen LogP contribution < -0.4 is 15.5 Å². The van der Waals surface area contributed by atoms with Gasteiger partial charge in [-0.15, -0.1) is 5.10 Å². The van der Waals surface area contributed by atoms with Crippen LogP contribution in [-0.4, -0.2) is 48.6 Å². The van der Waals surface area contributed by atoms with Crippen molar-refractivity contribution in [3.05, 3.63) is 41.4 Å². The number of rotatable bonds is 6. The van der Waals surface area contributed by atoms with Crippen LogP contribution in [-0.2, 0) is 17.6 Å². The number of pyridine rings is 1. The minimum atomic E-state index is -0.589. The predicted octanol–water partition coefficient (Wildman–Crippen LogP) is 3.09. The van der Waals surface area contributed by atoms with Crippen LogP contribution in [0.4, 0.5) is 27.8 Å². The second-order valence-corrected chi connectivity index (χ2v) is 8.69. The van der Waals surface area contributed by atoms with E-state index >= 15 is 0 Å². The van der Waals surface area contributed by atoms with Gasteiger partial charge < -0.3 is 15.5 Å². The third-order valence-corrected chi connectivity index (χ3v) is 6.01. The van der Waals surface area contributed by atoms with E-state index in [-0.39, 0.29) is 11.8 Å². The SMILES string of the molecule is CC(C)c1nc(Nc2nc(N3CCC[C@H]3C(=O)Nc3ccc(F)nc3)nc3c2CCC3)n[nH]1. The van der Waals surface area contributed by atoms with Crippen molar-refractivity contribution in [1.82, 2.24) is 30.1 Å². The Morgan fingerprint density at radius 1 is 1.21 bits per heavy atom. The van der Waals surface area contributed by atoms with Crippen LogP contribution in [0.1, 0.15) is 56.1 Å². The lowest BCUT2D eigenvalue weighted by molar-refractivity contribution is -0.117. The summed E-state index contributed by atoms with van der Waals surface area (Å²) in [5, 5.41) is 13.3. The van der Waals surface area contributed by atoms with Gasteiger partial charge in [0.1, 0.15) is 17.7 Å². The molecule has 5 rings (SSSR count). The van der Waals surface area contributed by atoms with Crippen molar-refractivity contribution >= 4 is 29.3 Å². The molecule has 1 saturated heterocycles. The molecule has 3 N–H and O–H groups in total. The van der Waals surface area contributed by atoms with Crippen LogP contribution in [0, 0.1) is 5.95 Å². The maximum Gasteiger partial charge on any atom is 0.247 e. The smallest absolute Gasteiger partial charge is 0.247 e. The fraction of sp³-hybridized carbons (Fsp3) is 0.455. The van der Waals surface area contributed by atoms with Crippen LogP contribution in [0.2, 0.25) is 0 Å².